The average molecular weight is 673 g/mol. The van der Waals surface area contributed by atoms with Crippen molar-refractivity contribution in [1.82, 2.24) is 9.97 Å². The molecule has 0 N–H and O–H groups in total. The monoisotopic (exact) mass is 672 g/mol. The summed E-state index contributed by atoms with van der Waals surface area (Å²) in [5.41, 5.74) is 13.4. The number of hydrogen-bond donors (Lipinski definition) is 0. The maximum absolute atomic E-state index is 6.51. The molecule has 3 nitrogen and oxygen atoms in total. The highest BCUT2D eigenvalue weighted by Gasteiger charge is 2.50. The van der Waals surface area contributed by atoms with Crippen LogP contribution in [0, 0.1) is 0 Å². The van der Waals surface area contributed by atoms with E-state index >= 15 is 0 Å². The molecule has 1 spiro atoms. The number of benzene rings is 6. The van der Waals surface area contributed by atoms with Gasteiger partial charge in [-0.15, -0.1) is 11.3 Å². The molecule has 0 amide bonds. The predicted octanol–water partition coefficient (Wildman–Crippen LogP) is 12.5. The van der Waals surface area contributed by atoms with Crippen LogP contribution in [0.5, 0.6) is 11.5 Å². The smallest absolute Gasteiger partial charge is 0.160 e. The minimum Gasteiger partial charge on any atom is -0.457 e. The summed E-state index contributed by atoms with van der Waals surface area (Å²) in [5, 5.41) is 1.16. The number of rotatable bonds is 4. The van der Waals surface area contributed by atoms with Gasteiger partial charge in [0, 0.05) is 32.3 Å². The number of thiophene rings is 1. The zero-order chi connectivity index (χ0) is 34.1. The number of aromatic nitrogens is 2. The summed E-state index contributed by atoms with van der Waals surface area (Å²) >= 11 is 1.76. The molecule has 51 heavy (non-hydrogen) atoms. The van der Waals surface area contributed by atoms with E-state index in [1.165, 1.54) is 43.7 Å². The van der Waals surface area contributed by atoms with Crippen LogP contribution in [0.25, 0.3) is 54.1 Å². The number of hydrogen-bond acceptors (Lipinski definition) is 4. The van der Waals surface area contributed by atoms with Crippen LogP contribution in [0.3, 0.4) is 0 Å². The van der Waals surface area contributed by atoms with Crippen molar-refractivity contribution in [3.05, 3.63) is 191 Å². The standard InChI is InChI=1S/C47H32N2OS/c1-29(27-36-30(2)47(37-21-8-6-19-34(36)37)38-22-9-11-24-40(38)50-41-25-12-10-23-39(41)47)32-17-14-18-33(28-32)43-45-44(35-20-7-13-26-42(35)51-45)49-46(48-43)31-15-4-3-5-16-31/h3-28H,1-2H3/b29-27+. The molecule has 242 valence electrons. The number of fused-ring (bicyclic) bond motifs is 9. The maximum Gasteiger partial charge on any atom is 0.160 e. The van der Waals surface area contributed by atoms with Crippen molar-refractivity contribution < 1.29 is 4.74 Å². The molecule has 0 saturated heterocycles. The van der Waals surface area contributed by atoms with Crippen LogP contribution in [-0.2, 0) is 5.41 Å². The van der Waals surface area contributed by atoms with Crippen LogP contribution in [0.1, 0.15) is 41.7 Å². The quantitative estimate of drug-likeness (QED) is 0.187. The van der Waals surface area contributed by atoms with Gasteiger partial charge in [0.1, 0.15) is 11.5 Å². The van der Waals surface area contributed by atoms with E-state index in [1.54, 1.807) is 11.3 Å². The summed E-state index contributed by atoms with van der Waals surface area (Å²) in [6, 6.07) is 53.6. The van der Waals surface area contributed by atoms with Gasteiger partial charge >= 0.3 is 0 Å². The van der Waals surface area contributed by atoms with Gasteiger partial charge in [-0.2, -0.15) is 0 Å². The molecule has 0 unspecified atom stereocenters. The fourth-order valence-corrected chi connectivity index (χ4v) is 9.39. The third-order valence-electron chi connectivity index (χ3n) is 10.6. The minimum absolute atomic E-state index is 0.447. The molecular formula is C47H32N2OS. The second-order valence-electron chi connectivity index (χ2n) is 13.4. The lowest BCUT2D eigenvalue weighted by atomic mass is 9.65. The van der Waals surface area contributed by atoms with Crippen LogP contribution < -0.4 is 4.74 Å². The van der Waals surface area contributed by atoms with Crippen molar-refractivity contribution in [3.63, 3.8) is 0 Å². The summed E-state index contributed by atoms with van der Waals surface area (Å²) in [6.45, 7) is 4.53. The summed E-state index contributed by atoms with van der Waals surface area (Å²) in [7, 11) is 0. The van der Waals surface area contributed by atoms with Crippen LogP contribution >= 0.6 is 11.3 Å². The lowest BCUT2D eigenvalue weighted by Gasteiger charge is -2.39. The number of allylic oxidation sites excluding steroid dienone is 4. The maximum atomic E-state index is 6.51. The Bertz CT molecular complexity index is 2710. The Labute approximate surface area is 300 Å². The zero-order valence-corrected chi connectivity index (χ0v) is 29.0. The summed E-state index contributed by atoms with van der Waals surface area (Å²) in [6.07, 6.45) is 2.38. The van der Waals surface area contributed by atoms with Gasteiger partial charge in [-0.3, -0.25) is 0 Å². The van der Waals surface area contributed by atoms with Gasteiger partial charge in [-0.25, -0.2) is 9.97 Å². The fourth-order valence-electron chi connectivity index (χ4n) is 8.24. The van der Waals surface area contributed by atoms with Crippen molar-refractivity contribution >= 4 is 42.8 Å². The number of para-hydroxylation sites is 2. The average Bonchev–Trinajstić information content (AvgIpc) is 3.68. The molecule has 0 atom stereocenters. The molecular weight excluding hydrogens is 641 g/mol. The van der Waals surface area contributed by atoms with Crippen LogP contribution in [-0.4, -0.2) is 9.97 Å². The highest BCUT2D eigenvalue weighted by molar-refractivity contribution is 7.26. The Balaban J connectivity index is 1.15. The van der Waals surface area contributed by atoms with Crippen molar-refractivity contribution in [2.24, 2.45) is 0 Å². The van der Waals surface area contributed by atoms with Crippen molar-refractivity contribution in [1.29, 1.82) is 0 Å². The lowest BCUT2D eigenvalue weighted by molar-refractivity contribution is 0.434. The third kappa shape index (κ3) is 4.43. The largest absolute Gasteiger partial charge is 0.457 e. The molecule has 0 radical (unpaired) electrons. The molecule has 8 aromatic rings. The summed E-state index contributed by atoms with van der Waals surface area (Å²) in [5.74, 6) is 2.56. The van der Waals surface area contributed by atoms with Crippen LogP contribution in [0.4, 0.5) is 0 Å². The molecule has 2 aromatic heterocycles. The lowest BCUT2D eigenvalue weighted by Crippen LogP contribution is -2.32. The number of ether oxygens (including phenoxy) is 1. The molecule has 3 heterocycles. The van der Waals surface area contributed by atoms with E-state index in [4.69, 9.17) is 14.7 Å². The molecule has 0 saturated carbocycles. The molecule has 0 fully saturated rings. The first-order valence-electron chi connectivity index (χ1n) is 17.3. The first kappa shape index (κ1) is 29.8. The molecule has 2 aliphatic rings. The van der Waals surface area contributed by atoms with Crippen LogP contribution in [0.15, 0.2) is 163 Å². The normalized spacial score (nSPS) is 14.4. The number of nitrogens with zero attached hydrogens (tertiary/aromatic N) is 2. The highest BCUT2D eigenvalue weighted by atomic mass is 32.1. The Hall–Kier alpha value is -6.10. The first-order chi connectivity index (χ1) is 25.1. The van der Waals surface area contributed by atoms with E-state index in [9.17, 15) is 0 Å². The SMILES string of the molecule is CC1=C(/C=C(\C)c2cccc(-c3nc(-c4ccccc4)nc4c3sc3ccccc34)c2)c2ccccc2C12c1ccccc1Oc1ccccc12. The van der Waals surface area contributed by atoms with E-state index in [-0.39, 0.29) is 0 Å². The first-order valence-corrected chi connectivity index (χ1v) is 18.1. The molecule has 4 heteroatoms. The van der Waals surface area contributed by atoms with Crippen molar-refractivity contribution in [3.8, 4) is 34.1 Å². The van der Waals surface area contributed by atoms with E-state index in [2.05, 4.69) is 153 Å². The molecule has 1 aliphatic heterocycles. The van der Waals surface area contributed by atoms with Gasteiger partial charge in [0.25, 0.3) is 0 Å². The fraction of sp³-hybridized carbons (Fsp3) is 0.0638. The Kier molecular flexibility index (Phi) is 6.70. The van der Waals surface area contributed by atoms with Gasteiger partial charge in [0.05, 0.1) is 21.3 Å². The van der Waals surface area contributed by atoms with E-state index < -0.39 is 5.41 Å². The molecule has 1 aliphatic carbocycles. The van der Waals surface area contributed by atoms with Gasteiger partial charge in [0.15, 0.2) is 5.82 Å². The zero-order valence-electron chi connectivity index (χ0n) is 28.2. The van der Waals surface area contributed by atoms with Gasteiger partial charge in [-0.1, -0.05) is 133 Å². The third-order valence-corrected chi connectivity index (χ3v) is 11.8. The van der Waals surface area contributed by atoms with Crippen molar-refractivity contribution in [2.45, 2.75) is 19.3 Å². The Morgan fingerprint density at radius 1 is 0.647 bits per heavy atom. The molecule has 6 aromatic carbocycles. The molecule has 0 bridgehead atoms. The van der Waals surface area contributed by atoms with E-state index in [0.717, 1.165) is 55.3 Å². The summed E-state index contributed by atoms with van der Waals surface area (Å²) in [4.78, 5) is 10.4. The Morgan fingerprint density at radius 2 is 1.29 bits per heavy atom. The minimum atomic E-state index is -0.447. The van der Waals surface area contributed by atoms with Gasteiger partial charge in [0.2, 0.25) is 0 Å². The second-order valence-corrected chi connectivity index (χ2v) is 14.4. The predicted molar refractivity (Wildman–Crippen MR) is 211 cm³/mol. The van der Waals surface area contributed by atoms with E-state index in [1.807, 2.05) is 18.2 Å². The van der Waals surface area contributed by atoms with Gasteiger partial charge in [-0.05, 0) is 71.5 Å². The second kappa shape index (κ2) is 11.5. The summed E-state index contributed by atoms with van der Waals surface area (Å²) < 4.78 is 8.83. The van der Waals surface area contributed by atoms with Gasteiger partial charge < -0.3 is 4.74 Å². The van der Waals surface area contributed by atoms with Crippen LogP contribution in [0.2, 0.25) is 0 Å². The Morgan fingerprint density at radius 3 is 2.08 bits per heavy atom. The van der Waals surface area contributed by atoms with Crippen molar-refractivity contribution in [2.75, 3.05) is 0 Å². The highest BCUT2D eigenvalue weighted by Crippen LogP contribution is 2.61. The molecule has 10 rings (SSSR count). The van der Waals surface area contributed by atoms with E-state index in [0.29, 0.717) is 0 Å². The topological polar surface area (TPSA) is 35.0 Å².